The van der Waals surface area contributed by atoms with Gasteiger partial charge in [-0.25, -0.2) is 8.78 Å². The molecule has 0 saturated heterocycles. The van der Waals surface area contributed by atoms with Crippen molar-refractivity contribution in [3.63, 3.8) is 0 Å². The van der Waals surface area contributed by atoms with Gasteiger partial charge in [0.15, 0.2) is 0 Å². The van der Waals surface area contributed by atoms with Crippen LogP contribution in [0.3, 0.4) is 0 Å². The Hall–Kier alpha value is -3.18. The molecule has 2 heterocycles. The fourth-order valence-electron chi connectivity index (χ4n) is 4.57. The minimum absolute atomic E-state index is 0.193. The van der Waals surface area contributed by atoms with E-state index in [0.29, 0.717) is 11.6 Å². The van der Waals surface area contributed by atoms with Gasteiger partial charge in [0.25, 0.3) is 0 Å². The third-order valence-corrected chi connectivity index (χ3v) is 6.14. The van der Waals surface area contributed by atoms with E-state index in [1.54, 1.807) is 6.07 Å². The molecule has 1 unspecified atom stereocenters. The standard InChI is InChI=1S/C26H25F2N3/c27-18-11-13-21(14-12-18)31(20-7-2-1-3-8-20)15-5-6-19-16-25-23(17-29-19)22-9-4-10-24(28)26(22)30-25/h1-4,7-14,19,29-30H,5-6,15-17H2. The molecule has 158 valence electrons. The van der Waals surface area contributed by atoms with Crippen molar-refractivity contribution in [1.82, 2.24) is 10.3 Å². The van der Waals surface area contributed by atoms with Crippen molar-refractivity contribution in [2.45, 2.75) is 31.8 Å². The maximum Gasteiger partial charge on any atom is 0.147 e. The van der Waals surface area contributed by atoms with Gasteiger partial charge in [0, 0.05) is 48.0 Å². The molecule has 1 aliphatic heterocycles. The Kier molecular flexibility index (Phi) is 5.43. The Bertz CT molecular complexity index is 1170. The van der Waals surface area contributed by atoms with Crippen LogP contribution in [0, 0.1) is 11.6 Å². The van der Waals surface area contributed by atoms with Crippen LogP contribution in [0.4, 0.5) is 20.2 Å². The fourth-order valence-corrected chi connectivity index (χ4v) is 4.57. The largest absolute Gasteiger partial charge is 0.356 e. The van der Waals surface area contributed by atoms with Gasteiger partial charge < -0.3 is 15.2 Å². The van der Waals surface area contributed by atoms with Crippen LogP contribution in [0.25, 0.3) is 10.9 Å². The lowest BCUT2D eigenvalue weighted by atomic mass is 9.97. The summed E-state index contributed by atoms with van der Waals surface area (Å²) in [4.78, 5) is 5.54. The quantitative estimate of drug-likeness (QED) is 0.398. The number of rotatable bonds is 6. The van der Waals surface area contributed by atoms with Gasteiger partial charge in [-0.3, -0.25) is 0 Å². The van der Waals surface area contributed by atoms with Crippen molar-refractivity contribution in [1.29, 1.82) is 0 Å². The molecule has 0 aliphatic carbocycles. The van der Waals surface area contributed by atoms with Gasteiger partial charge in [-0.15, -0.1) is 0 Å². The lowest BCUT2D eigenvalue weighted by Gasteiger charge is -2.28. The molecule has 0 amide bonds. The van der Waals surface area contributed by atoms with E-state index in [-0.39, 0.29) is 11.6 Å². The maximum absolute atomic E-state index is 14.1. The highest BCUT2D eigenvalue weighted by atomic mass is 19.1. The molecule has 1 aliphatic rings. The monoisotopic (exact) mass is 417 g/mol. The van der Waals surface area contributed by atoms with Crippen molar-refractivity contribution in [2.75, 3.05) is 11.4 Å². The molecule has 4 aromatic rings. The number of fused-ring (bicyclic) bond motifs is 3. The minimum Gasteiger partial charge on any atom is -0.356 e. The number of anilines is 2. The number of aromatic amines is 1. The van der Waals surface area contributed by atoms with Crippen LogP contribution in [-0.4, -0.2) is 17.6 Å². The first-order valence-electron chi connectivity index (χ1n) is 10.8. The molecule has 2 N–H and O–H groups in total. The van der Waals surface area contributed by atoms with Crippen LogP contribution < -0.4 is 10.2 Å². The Labute approximate surface area is 180 Å². The number of benzene rings is 3. The molecule has 0 bridgehead atoms. The molecular weight excluding hydrogens is 392 g/mol. The molecule has 0 saturated carbocycles. The topological polar surface area (TPSA) is 31.1 Å². The number of nitrogens with zero attached hydrogens (tertiary/aromatic N) is 1. The average Bonchev–Trinajstić information content (AvgIpc) is 3.17. The number of aromatic nitrogens is 1. The van der Waals surface area contributed by atoms with E-state index in [2.05, 4.69) is 27.3 Å². The van der Waals surface area contributed by atoms with Gasteiger partial charge >= 0.3 is 0 Å². The molecule has 1 aromatic heterocycles. The second-order valence-electron chi connectivity index (χ2n) is 8.13. The summed E-state index contributed by atoms with van der Waals surface area (Å²) in [6.07, 6.45) is 2.85. The summed E-state index contributed by atoms with van der Waals surface area (Å²) < 4.78 is 27.5. The predicted molar refractivity (Wildman–Crippen MR) is 122 cm³/mol. The molecule has 0 fully saturated rings. The number of H-pyrrole nitrogens is 1. The Morgan fingerprint density at radius 1 is 0.871 bits per heavy atom. The molecule has 3 nitrogen and oxygen atoms in total. The van der Waals surface area contributed by atoms with Gasteiger partial charge in [0.2, 0.25) is 0 Å². The molecule has 5 heteroatoms. The third kappa shape index (κ3) is 4.06. The summed E-state index contributed by atoms with van der Waals surface area (Å²) in [7, 11) is 0. The minimum atomic E-state index is -0.228. The smallest absolute Gasteiger partial charge is 0.147 e. The van der Waals surface area contributed by atoms with Crippen LogP contribution in [0.5, 0.6) is 0 Å². The highest BCUT2D eigenvalue weighted by molar-refractivity contribution is 5.85. The second kappa shape index (κ2) is 8.52. The van der Waals surface area contributed by atoms with E-state index in [9.17, 15) is 8.78 Å². The van der Waals surface area contributed by atoms with E-state index in [0.717, 1.165) is 54.8 Å². The van der Waals surface area contributed by atoms with Gasteiger partial charge in [0.1, 0.15) is 11.6 Å². The molecule has 0 radical (unpaired) electrons. The van der Waals surface area contributed by atoms with Crippen LogP contribution in [0.2, 0.25) is 0 Å². The van der Waals surface area contributed by atoms with Crippen molar-refractivity contribution in [3.05, 3.63) is 95.7 Å². The number of hydrogen-bond donors (Lipinski definition) is 2. The average molecular weight is 418 g/mol. The lowest BCUT2D eigenvalue weighted by Crippen LogP contribution is -2.36. The van der Waals surface area contributed by atoms with Crippen molar-refractivity contribution >= 4 is 22.3 Å². The summed E-state index contributed by atoms with van der Waals surface area (Å²) >= 11 is 0. The van der Waals surface area contributed by atoms with Crippen molar-refractivity contribution < 1.29 is 8.78 Å². The highest BCUT2D eigenvalue weighted by Gasteiger charge is 2.23. The highest BCUT2D eigenvalue weighted by Crippen LogP contribution is 2.30. The third-order valence-electron chi connectivity index (χ3n) is 6.14. The molecule has 0 spiro atoms. The number of nitrogens with one attached hydrogen (secondary N) is 2. The van der Waals surface area contributed by atoms with E-state index in [1.165, 1.54) is 23.8 Å². The summed E-state index contributed by atoms with van der Waals surface area (Å²) in [6.45, 7) is 1.59. The van der Waals surface area contributed by atoms with Crippen LogP contribution in [0.15, 0.2) is 72.8 Å². The zero-order valence-corrected chi connectivity index (χ0v) is 17.2. The molecule has 1 atom stereocenters. The Morgan fingerprint density at radius 3 is 2.45 bits per heavy atom. The number of para-hydroxylation sites is 2. The van der Waals surface area contributed by atoms with E-state index >= 15 is 0 Å². The van der Waals surface area contributed by atoms with E-state index in [4.69, 9.17) is 0 Å². The predicted octanol–water partition coefficient (Wildman–Crippen LogP) is 6.08. The van der Waals surface area contributed by atoms with E-state index < -0.39 is 0 Å². The van der Waals surface area contributed by atoms with Crippen molar-refractivity contribution in [2.24, 2.45) is 0 Å². The van der Waals surface area contributed by atoms with Crippen LogP contribution in [0.1, 0.15) is 24.1 Å². The zero-order chi connectivity index (χ0) is 21.2. The summed E-state index contributed by atoms with van der Waals surface area (Å²) in [5, 5.41) is 4.60. The van der Waals surface area contributed by atoms with Gasteiger partial charge in [0.05, 0.1) is 5.52 Å². The lowest BCUT2D eigenvalue weighted by molar-refractivity contribution is 0.441. The Morgan fingerprint density at radius 2 is 1.65 bits per heavy atom. The van der Waals surface area contributed by atoms with Gasteiger partial charge in [-0.2, -0.15) is 0 Å². The summed E-state index contributed by atoms with van der Waals surface area (Å²) in [5.74, 6) is -0.421. The first-order valence-corrected chi connectivity index (χ1v) is 10.8. The maximum atomic E-state index is 14.1. The van der Waals surface area contributed by atoms with Crippen molar-refractivity contribution in [3.8, 4) is 0 Å². The number of halogens is 2. The van der Waals surface area contributed by atoms with Gasteiger partial charge in [-0.05, 0) is 60.9 Å². The summed E-state index contributed by atoms with van der Waals surface area (Å²) in [6, 6.07) is 22.4. The molecular formula is C26H25F2N3. The second-order valence-corrected chi connectivity index (χ2v) is 8.13. The van der Waals surface area contributed by atoms with Crippen LogP contribution >= 0.6 is 0 Å². The Balaban J connectivity index is 1.27. The molecule has 5 rings (SSSR count). The first-order chi connectivity index (χ1) is 15.2. The number of hydrogen-bond acceptors (Lipinski definition) is 2. The SMILES string of the molecule is Fc1ccc(N(CCCC2Cc3[nH]c4c(F)cccc4c3CN2)c2ccccc2)cc1. The van der Waals surface area contributed by atoms with E-state index in [1.807, 2.05) is 36.4 Å². The van der Waals surface area contributed by atoms with Crippen LogP contribution in [-0.2, 0) is 13.0 Å². The molecule has 31 heavy (non-hydrogen) atoms. The fraction of sp³-hybridized carbons (Fsp3) is 0.231. The normalized spacial score (nSPS) is 15.7. The summed E-state index contributed by atoms with van der Waals surface area (Å²) in [5.41, 5.74) is 5.02. The first kappa shape index (κ1) is 19.8. The molecule has 3 aromatic carbocycles. The zero-order valence-electron chi connectivity index (χ0n) is 17.2. The van der Waals surface area contributed by atoms with Gasteiger partial charge in [-0.1, -0.05) is 30.3 Å².